The fourth-order valence-corrected chi connectivity index (χ4v) is 2.97. The summed E-state index contributed by atoms with van der Waals surface area (Å²) in [5, 5.41) is 6.27. The number of carbonyl (C=O) groups is 1. The summed E-state index contributed by atoms with van der Waals surface area (Å²) < 4.78 is 10.9. The van der Waals surface area contributed by atoms with Gasteiger partial charge in [0.25, 0.3) is 5.91 Å². The van der Waals surface area contributed by atoms with Crippen molar-refractivity contribution in [3.63, 3.8) is 0 Å². The monoisotopic (exact) mass is 426 g/mol. The number of ether oxygens (including phenoxy) is 2. The summed E-state index contributed by atoms with van der Waals surface area (Å²) in [6, 6.07) is 21.6. The van der Waals surface area contributed by atoms with E-state index in [0.29, 0.717) is 22.0 Å². The standard InChI is InChI=1S/C22H19ClN2O3S/c1-27-16-10-12-17(13-11-16)28-14-15-6-2-3-7-18(15)21(26)25-22(29)24-20-9-5-4-8-19(20)23/h2-13H,14H2,1H3,(H2,24,25,26,29). The van der Waals surface area contributed by atoms with Crippen LogP contribution < -0.4 is 20.1 Å². The summed E-state index contributed by atoms with van der Waals surface area (Å²) >= 11 is 11.3. The average Bonchev–Trinajstić information content (AvgIpc) is 2.74. The van der Waals surface area contributed by atoms with E-state index in [1.54, 1.807) is 31.4 Å². The molecule has 3 aromatic rings. The molecule has 148 valence electrons. The molecule has 7 heteroatoms. The van der Waals surface area contributed by atoms with Gasteiger partial charge in [0.1, 0.15) is 18.1 Å². The minimum Gasteiger partial charge on any atom is -0.497 e. The Balaban J connectivity index is 1.64. The zero-order chi connectivity index (χ0) is 20.6. The highest BCUT2D eigenvalue weighted by atomic mass is 35.5. The number of methoxy groups -OCH3 is 1. The van der Waals surface area contributed by atoms with Crippen LogP contribution in [0.15, 0.2) is 72.8 Å². The second-order valence-electron chi connectivity index (χ2n) is 6.01. The van der Waals surface area contributed by atoms with Gasteiger partial charge in [0.2, 0.25) is 0 Å². The molecule has 0 saturated carbocycles. The molecular weight excluding hydrogens is 408 g/mol. The molecule has 5 nitrogen and oxygen atoms in total. The van der Waals surface area contributed by atoms with Gasteiger partial charge < -0.3 is 14.8 Å². The predicted molar refractivity (Wildman–Crippen MR) is 119 cm³/mol. The lowest BCUT2D eigenvalue weighted by Gasteiger charge is -2.13. The number of hydrogen-bond donors (Lipinski definition) is 2. The van der Waals surface area contributed by atoms with Gasteiger partial charge in [-0.1, -0.05) is 41.9 Å². The maximum absolute atomic E-state index is 12.7. The molecule has 0 fully saturated rings. The van der Waals surface area contributed by atoms with Crippen LogP contribution in [0.3, 0.4) is 0 Å². The van der Waals surface area contributed by atoms with Crippen LogP contribution in [-0.4, -0.2) is 18.1 Å². The lowest BCUT2D eigenvalue weighted by Crippen LogP contribution is -2.34. The molecule has 29 heavy (non-hydrogen) atoms. The highest BCUT2D eigenvalue weighted by molar-refractivity contribution is 7.80. The molecule has 2 N–H and O–H groups in total. The summed E-state index contributed by atoms with van der Waals surface area (Å²) in [4.78, 5) is 12.7. The summed E-state index contributed by atoms with van der Waals surface area (Å²) in [6.07, 6.45) is 0. The van der Waals surface area contributed by atoms with Crippen molar-refractivity contribution in [1.29, 1.82) is 0 Å². The first-order chi connectivity index (χ1) is 14.1. The van der Waals surface area contributed by atoms with E-state index in [1.807, 2.05) is 48.5 Å². The first kappa shape index (κ1) is 20.6. The third-order valence-corrected chi connectivity index (χ3v) is 4.60. The molecule has 0 unspecified atom stereocenters. The van der Waals surface area contributed by atoms with Gasteiger partial charge in [-0.15, -0.1) is 0 Å². The van der Waals surface area contributed by atoms with Gasteiger partial charge in [0, 0.05) is 11.1 Å². The Kier molecular flexibility index (Phi) is 7.05. The van der Waals surface area contributed by atoms with Gasteiger partial charge in [0.05, 0.1) is 17.8 Å². The van der Waals surface area contributed by atoms with Gasteiger partial charge in [-0.2, -0.15) is 0 Å². The Morgan fingerprint density at radius 2 is 1.62 bits per heavy atom. The molecule has 3 rings (SSSR count). The summed E-state index contributed by atoms with van der Waals surface area (Å²) in [5.41, 5.74) is 1.83. The van der Waals surface area contributed by atoms with E-state index in [1.165, 1.54) is 0 Å². The average molecular weight is 427 g/mol. The number of para-hydroxylation sites is 1. The van der Waals surface area contributed by atoms with Gasteiger partial charge in [0.15, 0.2) is 5.11 Å². The quantitative estimate of drug-likeness (QED) is 0.540. The van der Waals surface area contributed by atoms with Crippen molar-refractivity contribution in [2.45, 2.75) is 6.61 Å². The van der Waals surface area contributed by atoms with E-state index in [0.717, 1.165) is 11.3 Å². The SMILES string of the molecule is COc1ccc(OCc2ccccc2C(=O)NC(=S)Nc2ccccc2Cl)cc1. The van der Waals surface area contributed by atoms with Crippen molar-refractivity contribution in [3.05, 3.63) is 88.9 Å². The minimum absolute atomic E-state index is 0.161. The van der Waals surface area contributed by atoms with E-state index in [9.17, 15) is 4.79 Å². The number of hydrogen-bond acceptors (Lipinski definition) is 4. The summed E-state index contributed by atoms with van der Waals surface area (Å²) in [7, 11) is 1.61. The summed E-state index contributed by atoms with van der Waals surface area (Å²) in [6.45, 7) is 0.237. The molecule has 3 aromatic carbocycles. The Morgan fingerprint density at radius 3 is 2.34 bits per heavy atom. The van der Waals surface area contributed by atoms with Crippen LogP contribution in [0.25, 0.3) is 0 Å². The molecule has 0 aliphatic carbocycles. The number of nitrogens with one attached hydrogen (secondary N) is 2. The summed E-state index contributed by atoms with van der Waals surface area (Å²) in [5.74, 6) is 1.09. The van der Waals surface area contributed by atoms with Crippen molar-refractivity contribution >= 4 is 40.5 Å². The Labute approximate surface area is 179 Å². The number of thiocarbonyl (C=S) groups is 1. The molecule has 0 saturated heterocycles. The van der Waals surface area contributed by atoms with E-state index in [4.69, 9.17) is 33.3 Å². The van der Waals surface area contributed by atoms with Gasteiger partial charge in [-0.25, -0.2) is 0 Å². The highest BCUT2D eigenvalue weighted by Crippen LogP contribution is 2.21. The largest absolute Gasteiger partial charge is 0.497 e. The maximum atomic E-state index is 12.7. The molecule has 0 bridgehead atoms. The Hall–Kier alpha value is -3.09. The second kappa shape index (κ2) is 9.91. The molecule has 0 aromatic heterocycles. The van der Waals surface area contributed by atoms with Crippen molar-refractivity contribution in [1.82, 2.24) is 5.32 Å². The molecule has 0 heterocycles. The van der Waals surface area contributed by atoms with Gasteiger partial charge in [-0.3, -0.25) is 10.1 Å². The third kappa shape index (κ3) is 5.70. The first-order valence-corrected chi connectivity index (χ1v) is 9.57. The van der Waals surface area contributed by atoms with Crippen molar-refractivity contribution in [3.8, 4) is 11.5 Å². The molecule has 0 aliphatic rings. The lowest BCUT2D eigenvalue weighted by atomic mass is 10.1. The van der Waals surface area contributed by atoms with E-state index in [-0.39, 0.29) is 17.6 Å². The van der Waals surface area contributed by atoms with Crippen LogP contribution in [0, 0.1) is 0 Å². The van der Waals surface area contributed by atoms with Crippen molar-refractivity contribution < 1.29 is 14.3 Å². The molecule has 0 atom stereocenters. The number of carbonyl (C=O) groups excluding carboxylic acids is 1. The fourth-order valence-electron chi connectivity index (χ4n) is 2.59. The molecular formula is C22H19ClN2O3S. The number of halogens is 1. The molecule has 0 radical (unpaired) electrons. The van der Waals surface area contributed by atoms with Crippen LogP contribution in [0.5, 0.6) is 11.5 Å². The van der Waals surface area contributed by atoms with Crippen LogP contribution in [0.2, 0.25) is 5.02 Å². The van der Waals surface area contributed by atoms with Crippen molar-refractivity contribution in [2.75, 3.05) is 12.4 Å². The van der Waals surface area contributed by atoms with Gasteiger partial charge in [-0.05, 0) is 54.7 Å². The number of benzene rings is 3. The van der Waals surface area contributed by atoms with Crippen molar-refractivity contribution in [2.24, 2.45) is 0 Å². The van der Waals surface area contributed by atoms with E-state index < -0.39 is 0 Å². The molecule has 1 amide bonds. The highest BCUT2D eigenvalue weighted by Gasteiger charge is 2.13. The normalized spacial score (nSPS) is 10.1. The zero-order valence-electron chi connectivity index (χ0n) is 15.6. The third-order valence-electron chi connectivity index (χ3n) is 4.06. The number of amides is 1. The van der Waals surface area contributed by atoms with E-state index >= 15 is 0 Å². The smallest absolute Gasteiger partial charge is 0.257 e. The topological polar surface area (TPSA) is 59.6 Å². The second-order valence-corrected chi connectivity index (χ2v) is 6.82. The molecule has 0 aliphatic heterocycles. The lowest BCUT2D eigenvalue weighted by molar-refractivity contribution is 0.0975. The minimum atomic E-state index is -0.330. The number of anilines is 1. The number of rotatable bonds is 6. The fraction of sp³-hybridized carbons (Fsp3) is 0.0909. The van der Waals surface area contributed by atoms with Crippen LogP contribution in [-0.2, 0) is 6.61 Å². The van der Waals surface area contributed by atoms with Crippen LogP contribution in [0.1, 0.15) is 15.9 Å². The zero-order valence-corrected chi connectivity index (χ0v) is 17.2. The van der Waals surface area contributed by atoms with E-state index in [2.05, 4.69) is 10.6 Å². The molecule has 0 spiro atoms. The van der Waals surface area contributed by atoms with Gasteiger partial charge >= 0.3 is 0 Å². The van der Waals surface area contributed by atoms with Crippen LogP contribution in [0.4, 0.5) is 5.69 Å². The first-order valence-electron chi connectivity index (χ1n) is 8.78. The predicted octanol–water partition coefficient (Wildman–Crippen LogP) is 5.05. The van der Waals surface area contributed by atoms with Crippen LogP contribution >= 0.6 is 23.8 Å². The maximum Gasteiger partial charge on any atom is 0.257 e. The Morgan fingerprint density at radius 1 is 0.966 bits per heavy atom. The Bertz CT molecular complexity index is 1010.